The molecule has 6 nitrogen and oxygen atoms in total. The van der Waals surface area contributed by atoms with Gasteiger partial charge in [-0.2, -0.15) is 5.10 Å². The molecule has 1 saturated heterocycles. The fourth-order valence-electron chi connectivity index (χ4n) is 4.39. The van der Waals surface area contributed by atoms with Crippen molar-refractivity contribution in [2.75, 3.05) is 13.1 Å². The Morgan fingerprint density at radius 1 is 0.972 bits per heavy atom. The molecule has 182 valence electrons. The molecule has 1 N–H and O–H groups in total. The summed E-state index contributed by atoms with van der Waals surface area (Å²) in [5.74, 6) is -0.591. The molecule has 1 fully saturated rings. The summed E-state index contributed by atoms with van der Waals surface area (Å²) in [6, 6.07) is 21.1. The van der Waals surface area contributed by atoms with Crippen molar-refractivity contribution in [1.29, 1.82) is 0 Å². The van der Waals surface area contributed by atoms with E-state index in [2.05, 4.69) is 10.4 Å². The van der Waals surface area contributed by atoms with Gasteiger partial charge in [-0.3, -0.25) is 9.59 Å². The van der Waals surface area contributed by atoms with Crippen LogP contribution in [-0.2, 0) is 6.54 Å². The van der Waals surface area contributed by atoms with Crippen LogP contribution in [0.5, 0.6) is 0 Å². The van der Waals surface area contributed by atoms with Crippen molar-refractivity contribution in [2.24, 2.45) is 0 Å². The third-order valence-corrected chi connectivity index (χ3v) is 6.40. The Labute approximate surface area is 209 Å². The van der Waals surface area contributed by atoms with E-state index in [0.29, 0.717) is 22.5 Å². The molecule has 7 heteroatoms. The first kappa shape index (κ1) is 23.5. The Morgan fingerprint density at radius 2 is 1.69 bits per heavy atom. The van der Waals surface area contributed by atoms with Crippen LogP contribution in [0, 0.1) is 12.7 Å². The van der Waals surface area contributed by atoms with Gasteiger partial charge in [-0.25, -0.2) is 9.07 Å². The van der Waals surface area contributed by atoms with Crippen molar-refractivity contribution in [3.63, 3.8) is 0 Å². The van der Waals surface area contributed by atoms with E-state index in [0.717, 1.165) is 42.6 Å². The number of nitrogens with zero attached hydrogens (tertiary/aromatic N) is 3. The number of nitrogens with one attached hydrogen (secondary N) is 1. The summed E-state index contributed by atoms with van der Waals surface area (Å²) < 4.78 is 15.0. The largest absolute Gasteiger partial charge is 0.348 e. The van der Waals surface area contributed by atoms with E-state index < -0.39 is 0 Å². The SMILES string of the molecule is Cc1ccc(-c2nn(-c3ccc(F)cc3)cc2C(=O)NCc2cccc(C(=O)N3CCCC3)c2)cc1. The van der Waals surface area contributed by atoms with Gasteiger partial charge >= 0.3 is 0 Å². The number of carbonyl (C=O) groups excluding carboxylic acids is 2. The molecule has 36 heavy (non-hydrogen) atoms. The van der Waals surface area contributed by atoms with Crippen molar-refractivity contribution in [3.8, 4) is 16.9 Å². The highest BCUT2D eigenvalue weighted by atomic mass is 19.1. The lowest BCUT2D eigenvalue weighted by Gasteiger charge is -2.15. The summed E-state index contributed by atoms with van der Waals surface area (Å²) in [6.07, 6.45) is 3.73. The zero-order chi connectivity index (χ0) is 25.1. The first-order valence-electron chi connectivity index (χ1n) is 12.1. The Kier molecular flexibility index (Phi) is 6.62. The Balaban J connectivity index is 1.39. The number of benzene rings is 3. The second-order valence-corrected chi connectivity index (χ2v) is 9.06. The van der Waals surface area contributed by atoms with Crippen LogP contribution in [0.15, 0.2) is 79.0 Å². The summed E-state index contributed by atoms with van der Waals surface area (Å²) >= 11 is 0. The number of amides is 2. The smallest absolute Gasteiger partial charge is 0.255 e. The van der Waals surface area contributed by atoms with E-state index in [9.17, 15) is 14.0 Å². The van der Waals surface area contributed by atoms with E-state index in [-0.39, 0.29) is 24.2 Å². The first-order chi connectivity index (χ1) is 17.5. The van der Waals surface area contributed by atoms with Crippen molar-refractivity contribution in [3.05, 3.63) is 107 Å². The summed E-state index contributed by atoms with van der Waals surface area (Å²) in [4.78, 5) is 27.9. The van der Waals surface area contributed by atoms with Gasteiger partial charge in [0.25, 0.3) is 11.8 Å². The number of halogens is 1. The third kappa shape index (κ3) is 5.05. The molecular formula is C29H27FN4O2. The fourth-order valence-corrected chi connectivity index (χ4v) is 4.39. The highest BCUT2D eigenvalue weighted by Crippen LogP contribution is 2.25. The number of rotatable bonds is 6. The predicted molar refractivity (Wildman–Crippen MR) is 136 cm³/mol. The van der Waals surface area contributed by atoms with Crippen LogP contribution in [0.3, 0.4) is 0 Å². The minimum absolute atomic E-state index is 0.0305. The molecule has 1 aromatic heterocycles. The van der Waals surface area contributed by atoms with E-state index >= 15 is 0 Å². The lowest BCUT2D eigenvalue weighted by molar-refractivity contribution is 0.0792. The molecule has 1 aliphatic heterocycles. The van der Waals surface area contributed by atoms with Crippen LogP contribution >= 0.6 is 0 Å². The zero-order valence-electron chi connectivity index (χ0n) is 20.1. The molecule has 2 heterocycles. The van der Waals surface area contributed by atoms with Gasteiger partial charge in [-0.05, 0) is 61.7 Å². The molecule has 0 atom stereocenters. The van der Waals surface area contributed by atoms with Crippen LogP contribution in [0.1, 0.15) is 44.7 Å². The van der Waals surface area contributed by atoms with Gasteiger partial charge in [0, 0.05) is 37.0 Å². The predicted octanol–water partition coefficient (Wildman–Crippen LogP) is 5.15. The highest BCUT2D eigenvalue weighted by molar-refractivity contribution is 6.00. The maximum atomic E-state index is 13.4. The Hall–Kier alpha value is -4.26. The van der Waals surface area contributed by atoms with Gasteiger partial charge in [0.15, 0.2) is 0 Å². The molecule has 0 bridgehead atoms. The molecule has 0 aliphatic carbocycles. The monoisotopic (exact) mass is 482 g/mol. The highest BCUT2D eigenvalue weighted by Gasteiger charge is 2.21. The number of aromatic nitrogens is 2. The average molecular weight is 483 g/mol. The van der Waals surface area contributed by atoms with Gasteiger partial charge in [-0.1, -0.05) is 42.0 Å². The second-order valence-electron chi connectivity index (χ2n) is 9.06. The quantitative estimate of drug-likeness (QED) is 0.413. The third-order valence-electron chi connectivity index (χ3n) is 6.40. The minimum Gasteiger partial charge on any atom is -0.348 e. The lowest BCUT2D eigenvalue weighted by Crippen LogP contribution is -2.28. The standard InChI is InChI=1S/C29H27FN4O2/c1-20-7-9-22(10-8-20)27-26(19-34(32-27)25-13-11-24(30)12-14-25)28(35)31-18-21-5-4-6-23(17-21)29(36)33-15-2-3-16-33/h4-14,17,19H,2-3,15-16,18H2,1H3,(H,31,35). The molecule has 0 spiro atoms. The molecule has 2 amide bonds. The summed E-state index contributed by atoms with van der Waals surface area (Å²) in [6.45, 7) is 3.85. The van der Waals surface area contributed by atoms with Gasteiger partial charge in [-0.15, -0.1) is 0 Å². The van der Waals surface area contributed by atoms with E-state index in [1.54, 1.807) is 23.0 Å². The molecule has 0 saturated carbocycles. The second kappa shape index (κ2) is 10.2. The van der Waals surface area contributed by atoms with Crippen LogP contribution in [0.2, 0.25) is 0 Å². The molecule has 1 aliphatic rings. The number of hydrogen-bond acceptors (Lipinski definition) is 3. The van der Waals surface area contributed by atoms with Crippen LogP contribution in [-0.4, -0.2) is 39.6 Å². The Morgan fingerprint density at radius 3 is 2.42 bits per heavy atom. The summed E-state index contributed by atoms with van der Waals surface area (Å²) in [7, 11) is 0. The van der Waals surface area contributed by atoms with Crippen molar-refractivity contribution < 1.29 is 14.0 Å². The minimum atomic E-state index is -0.340. The van der Waals surface area contributed by atoms with Crippen molar-refractivity contribution in [1.82, 2.24) is 20.0 Å². The van der Waals surface area contributed by atoms with Gasteiger partial charge in [0.1, 0.15) is 11.5 Å². The van der Waals surface area contributed by atoms with Crippen molar-refractivity contribution >= 4 is 11.8 Å². The number of aryl methyl sites for hydroxylation is 1. The number of likely N-dealkylation sites (tertiary alicyclic amines) is 1. The molecule has 4 aromatic rings. The van der Waals surface area contributed by atoms with Gasteiger partial charge < -0.3 is 10.2 Å². The topological polar surface area (TPSA) is 67.2 Å². The molecule has 3 aromatic carbocycles. The first-order valence-corrected chi connectivity index (χ1v) is 12.1. The molecule has 5 rings (SSSR count). The van der Waals surface area contributed by atoms with Crippen molar-refractivity contribution in [2.45, 2.75) is 26.3 Å². The van der Waals surface area contributed by atoms with E-state index in [1.807, 2.05) is 60.4 Å². The molecular weight excluding hydrogens is 455 g/mol. The average Bonchev–Trinajstić information content (AvgIpc) is 3.59. The van der Waals surface area contributed by atoms with Crippen LogP contribution in [0.4, 0.5) is 4.39 Å². The molecule has 0 unspecified atom stereocenters. The Bertz CT molecular complexity index is 1390. The lowest BCUT2D eigenvalue weighted by atomic mass is 10.1. The van der Waals surface area contributed by atoms with Crippen LogP contribution < -0.4 is 5.32 Å². The number of carbonyl (C=O) groups is 2. The van der Waals surface area contributed by atoms with Gasteiger partial charge in [0.05, 0.1) is 11.3 Å². The fraction of sp³-hybridized carbons (Fsp3) is 0.207. The number of hydrogen-bond donors (Lipinski definition) is 1. The zero-order valence-corrected chi connectivity index (χ0v) is 20.1. The summed E-state index contributed by atoms with van der Waals surface area (Å²) in [5, 5.41) is 7.62. The molecule has 0 radical (unpaired) electrons. The maximum Gasteiger partial charge on any atom is 0.255 e. The summed E-state index contributed by atoms with van der Waals surface area (Å²) in [5.41, 5.74) is 4.99. The van der Waals surface area contributed by atoms with Crippen LogP contribution in [0.25, 0.3) is 16.9 Å². The van der Waals surface area contributed by atoms with E-state index in [4.69, 9.17) is 0 Å². The van der Waals surface area contributed by atoms with Gasteiger partial charge in [0.2, 0.25) is 0 Å². The normalized spacial score (nSPS) is 13.1. The van der Waals surface area contributed by atoms with E-state index in [1.165, 1.54) is 12.1 Å². The maximum absolute atomic E-state index is 13.4.